The second kappa shape index (κ2) is 14.1. The summed E-state index contributed by atoms with van der Waals surface area (Å²) in [5.74, 6) is 4.71. The van der Waals surface area contributed by atoms with Crippen LogP contribution >= 0.6 is 0 Å². The van der Waals surface area contributed by atoms with Gasteiger partial charge in [-0.2, -0.15) is 0 Å². The van der Waals surface area contributed by atoms with Gasteiger partial charge >= 0.3 is 5.97 Å². The maximum Gasteiger partial charge on any atom is 0.308 e. The van der Waals surface area contributed by atoms with Gasteiger partial charge in [-0.1, -0.05) is 71.3 Å². The van der Waals surface area contributed by atoms with E-state index in [1.807, 2.05) is 6.92 Å². The Kier molecular flexibility index (Phi) is 10.6. The summed E-state index contributed by atoms with van der Waals surface area (Å²) in [7, 11) is -2.85. The minimum Gasteiger partial charge on any atom is -0.466 e. The number of hydrogen-bond acceptors (Lipinski definition) is 6. The van der Waals surface area contributed by atoms with Crippen LogP contribution in [0, 0.1) is 63.1 Å². The minimum atomic E-state index is -2.85. The van der Waals surface area contributed by atoms with Crippen molar-refractivity contribution in [1.82, 2.24) is 10.2 Å². The van der Waals surface area contributed by atoms with E-state index in [0.717, 1.165) is 44.7 Å². The largest absolute Gasteiger partial charge is 0.466 e. The highest BCUT2D eigenvalue weighted by atomic mass is 32.2. The molecule has 1 saturated heterocycles. The molecule has 1 aliphatic heterocycles. The number of ether oxygens (including phenoxy) is 1. The molecule has 7 aliphatic rings. The van der Waals surface area contributed by atoms with E-state index >= 15 is 0 Å². The first-order valence-electron chi connectivity index (χ1n) is 21.7. The van der Waals surface area contributed by atoms with Gasteiger partial charge in [0.2, 0.25) is 0 Å². The van der Waals surface area contributed by atoms with Crippen LogP contribution in [0.5, 0.6) is 0 Å². The van der Waals surface area contributed by atoms with Gasteiger partial charge in [-0.25, -0.2) is 8.42 Å². The zero-order chi connectivity index (χ0) is 37.3. The lowest BCUT2D eigenvalue weighted by atomic mass is 9.33. The van der Waals surface area contributed by atoms with Crippen molar-refractivity contribution in [2.75, 3.05) is 44.3 Å². The number of rotatable bonds is 9. The second-order valence-corrected chi connectivity index (χ2v) is 22.9. The first-order chi connectivity index (χ1) is 24.5. The zero-order valence-electron chi connectivity index (χ0n) is 34.2. The Bertz CT molecular complexity index is 1510. The number of allylic oxidation sites excluding steroid dienone is 3. The van der Waals surface area contributed by atoms with Crippen molar-refractivity contribution >= 4 is 15.8 Å². The van der Waals surface area contributed by atoms with Crippen molar-refractivity contribution in [3.8, 4) is 0 Å². The third kappa shape index (κ3) is 6.42. The quantitative estimate of drug-likeness (QED) is 0.188. The van der Waals surface area contributed by atoms with Gasteiger partial charge in [0.1, 0.15) is 0 Å². The topological polar surface area (TPSA) is 75.7 Å². The van der Waals surface area contributed by atoms with Gasteiger partial charge in [-0.3, -0.25) is 4.79 Å². The summed E-state index contributed by atoms with van der Waals surface area (Å²) in [6.07, 6.45) is 19.9. The zero-order valence-corrected chi connectivity index (χ0v) is 35.0. The van der Waals surface area contributed by atoms with Gasteiger partial charge in [0, 0.05) is 33.1 Å². The standard InChI is InChI=1S/C45H74N2O4S.H2/c1-9-51-40(48)33-12-10-11-32(29-33)30-34-15-18-42(6)37(41(34,4)5)17-19-44(8)38(42)14-13-36-39-35(31(2)3)16-20-45(39,22-21-43(36,44)7)46-23-24-47-25-27-52(49,50)28-26-47;/h15,32-33,35-39,46H,2,9-14,16-30H2,1,3-8H3;1H/t32?,33?,35-,36?,37-,38+,39+,42-,43+,44+,45-;/m0./s1. The second-order valence-electron chi connectivity index (χ2n) is 20.6. The first-order valence-corrected chi connectivity index (χ1v) is 23.5. The molecule has 0 amide bonds. The van der Waals surface area contributed by atoms with Gasteiger partial charge in [0.15, 0.2) is 9.84 Å². The Morgan fingerprint density at radius 1 is 0.962 bits per heavy atom. The fraction of sp³-hybridized carbons (Fsp3) is 0.889. The molecule has 1 heterocycles. The average Bonchev–Trinajstić information content (AvgIpc) is 3.47. The molecular formula is C45H76N2O4S. The highest BCUT2D eigenvalue weighted by molar-refractivity contribution is 7.91. The first kappa shape index (κ1) is 39.1. The maximum atomic E-state index is 12.7. The third-order valence-corrected chi connectivity index (χ3v) is 19.7. The van der Waals surface area contributed by atoms with Crippen LogP contribution in [0.2, 0.25) is 0 Å². The number of hydrogen-bond donors (Lipinski definition) is 1. The fourth-order valence-corrected chi connectivity index (χ4v) is 16.4. The number of esters is 1. The Labute approximate surface area is 319 Å². The van der Waals surface area contributed by atoms with E-state index in [9.17, 15) is 13.2 Å². The average molecular weight is 741 g/mol. The molecule has 7 rings (SSSR count). The molecule has 6 nitrogen and oxygen atoms in total. The van der Waals surface area contributed by atoms with E-state index in [-0.39, 0.29) is 24.3 Å². The summed E-state index contributed by atoms with van der Waals surface area (Å²) in [5, 5.41) is 4.24. The van der Waals surface area contributed by atoms with Crippen molar-refractivity contribution in [2.24, 2.45) is 63.1 Å². The molecule has 0 aromatic rings. The fourth-order valence-electron chi connectivity index (χ4n) is 15.2. The van der Waals surface area contributed by atoms with E-state index in [2.05, 4.69) is 64.4 Å². The number of carbonyl (C=O) groups is 1. The lowest BCUT2D eigenvalue weighted by molar-refractivity contribution is -0.221. The number of sulfone groups is 1. The van der Waals surface area contributed by atoms with Crippen LogP contribution in [0.3, 0.4) is 0 Å². The van der Waals surface area contributed by atoms with E-state index in [0.29, 0.717) is 77.0 Å². The van der Waals surface area contributed by atoms with Crippen LogP contribution in [0.15, 0.2) is 23.8 Å². The number of carbonyl (C=O) groups excluding carboxylic acids is 1. The van der Waals surface area contributed by atoms with Crippen molar-refractivity contribution in [3.05, 3.63) is 23.8 Å². The molecule has 11 atom stereocenters. The number of nitrogens with one attached hydrogen (secondary N) is 1. The molecular weight excluding hydrogens is 665 g/mol. The maximum absolute atomic E-state index is 12.7. The Morgan fingerprint density at radius 3 is 2.42 bits per heavy atom. The van der Waals surface area contributed by atoms with Crippen LogP contribution in [0.25, 0.3) is 0 Å². The Morgan fingerprint density at radius 2 is 1.71 bits per heavy atom. The molecule has 0 spiro atoms. The van der Waals surface area contributed by atoms with Crippen molar-refractivity contribution in [3.63, 3.8) is 0 Å². The monoisotopic (exact) mass is 741 g/mol. The number of fused-ring (bicyclic) bond motifs is 7. The highest BCUT2D eigenvalue weighted by Crippen LogP contribution is 2.76. The molecule has 0 aromatic carbocycles. The van der Waals surface area contributed by atoms with Gasteiger partial charge < -0.3 is 15.0 Å². The Balaban J connectivity index is 0.00000481. The van der Waals surface area contributed by atoms with E-state index in [1.54, 1.807) is 5.57 Å². The van der Waals surface area contributed by atoms with E-state index in [4.69, 9.17) is 4.74 Å². The molecule has 3 unspecified atom stereocenters. The van der Waals surface area contributed by atoms with Gasteiger partial charge in [0.05, 0.1) is 24.0 Å². The van der Waals surface area contributed by atoms with Gasteiger partial charge in [-0.15, -0.1) is 0 Å². The molecule has 6 aliphatic carbocycles. The van der Waals surface area contributed by atoms with Crippen LogP contribution < -0.4 is 5.32 Å². The summed E-state index contributed by atoms with van der Waals surface area (Å²) in [6.45, 7) is 26.0. The van der Waals surface area contributed by atoms with Crippen LogP contribution in [-0.2, 0) is 19.4 Å². The molecule has 0 radical (unpaired) electrons. The van der Waals surface area contributed by atoms with Gasteiger partial charge in [0.25, 0.3) is 0 Å². The van der Waals surface area contributed by atoms with E-state index in [1.165, 1.54) is 69.8 Å². The molecule has 6 fully saturated rings. The summed E-state index contributed by atoms with van der Waals surface area (Å²) >= 11 is 0. The SMILES string of the molecule is C=C(C)[C@@H]1CC[C@]2(NCCN3CCS(=O)(=O)CC3)CC[C@]3(C)C(CC[C@@H]4[C@@]5(C)CC=C(CC6CCCC(C(=O)OCC)C6)C(C)(C)[C@@H]5CC[C@]43C)[C@@H]12.[HH]. The summed E-state index contributed by atoms with van der Waals surface area (Å²) < 4.78 is 29.6. The van der Waals surface area contributed by atoms with Crippen molar-refractivity contribution in [1.29, 1.82) is 0 Å². The molecule has 296 valence electrons. The summed E-state index contributed by atoms with van der Waals surface area (Å²) in [4.78, 5) is 15.0. The van der Waals surface area contributed by atoms with Crippen molar-refractivity contribution in [2.45, 2.75) is 144 Å². The van der Waals surface area contributed by atoms with Gasteiger partial charge in [-0.05, 0) is 148 Å². The molecule has 0 aromatic heterocycles. The molecule has 5 saturated carbocycles. The molecule has 0 bridgehead atoms. The smallest absolute Gasteiger partial charge is 0.308 e. The lowest BCUT2D eigenvalue weighted by Gasteiger charge is -2.72. The summed E-state index contributed by atoms with van der Waals surface area (Å²) in [5.41, 5.74) is 4.39. The Hall–Kier alpha value is -1.18. The highest BCUT2D eigenvalue weighted by Gasteiger charge is 2.70. The van der Waals surface area contributed by atoms with Crippen LogP contribution in [0.4, 0.5) is 0 Å². The van der Waals surface area contributed by atoms with Crippen LogP contribution in [-0.4, -0.2) is 69.1 Å². The predicted molar refractivity (Wildman–Crippen MR) is 215 cm³/mol. The van der Waals surface area contributed by atoms with E-state index < -0.39 is 9.84 Å². The predicted octanol–water partition coefficient (Wildman–Crippen LogP) is 9.26. The molecule has 52 heavy (non-hydrogen) atoms. The number of nitrogens with zero attached hydrogens (tertiary/aromatic N) is 1. The van der Waals surface area contributed by atoms with Crippen molar-refractivity contribution < 1.29 is 19.4 Å². The third-order valence-electron chi connectivity index (χ3n) is 18.1. The normalized spacial score (nSPS) is 45.4. The van der Waals surface area contributed by atoms with Crippen LogP contribution in [0.1, 0.15) is 140 Å². The lowest BCUT2D eigenvalue weighted by Crippen LogP contribution is -2.68. The molecule has 1 N–H and O–H groups in total. The summed E-state index contributed by atoms with van der Waals surface area (Å²) in [6, 6.07) is 0. The minimum absolute atomic E-state index is 0. The molecule has 7 heteroatoms.